The van der Waals surface area contributed by atoms with Crippen molar-refractivity contribution in [2.45, 2.75) is 12.8 Å². The third-order valence-electron chi connectivity index (χ3n) is 3.44. The van der Waals surface area contributed by atoms with Gasteiger partial charge in [0.2, 0.25) is 5.91 Å². The Balaban J connectivity index is 0.00000220. The zero-order valence-corrected chi connectivity index (χ0v) is 13.1. The van der Waals surface area contributed by atoms with Gasteiger partial charge in [-0.3, -0.25) is 4.79 Å². The number of carbonyl (C=O) groups excluding carboxylic acids is 1. The molecule has 1 aliphatic heterocycles. The molecule has 21 heavy (non-hydrogen) atoms. The van der Waals surface area contributed by atoms with Crippen molar-refractivity contribution >= 4 is 18.3 Å². The molecule has 1 saturated heterocycles. The number of carbonyl (C=O) groups is 1. The summed E-state index contributed by atoms with van der Waals surface area (Å²) in [5.74, 6) is 1.88. The zero-order valence-electron chi connectivity index (χ0n) is 12.3. The van der Waals surface area contributed by atoms with E-state index >= 15 is 0 Å². The predicted molar refractivity (Wildman–Crippen MR) is 84.3 cm³/mol. The number of hydrogen-bond donors (Lipinski definition) is 2. The first-order valence-electron chi connectivity index (χ1n) is 7.05. The highest BCUT2D eigenvalue weighted by molar-refractivity contribution is 5.85. The van der Waals surface area contributed by atoms with Gasteiger partial charge >= 0.3 is 0 Å². The molecule has 0 atom stereocenters. The van der Waals surface area contributed by atoms with Crippen LogP contribution >= 0.6 is 12.4 Å². The molecule has 0 aromatic heterocycles. The van der Waals surface area contributed by atoms with E-state index in [1.807, 2.05) is 24.3 Å². The van der Waals surface area contributed by atoms with Crippen molar-refractivity contribution in [1.82, 2.24) is 10.6 Å². The summed E-state index contributed by atoms with van der Waals surface area (Å²) in [7, 11) is 1.63. The number of ether oxygens (including phenoxy) is 2. The summed E-state index contributed by atoms with van der Waals surface area (Å²) in [5, 5.41) is 6.18. The van der Waals surface area contributed by atoms with Crippen LogP contribution in [-0.2, 0) is 4.79 Å². The summed E-state index contributed by atoms with van der Waals surface area (Å²) in [6, 6.07) is 7.41. The molecule has 0 bridgehead atoms. The number of benzene rings is 1. The fourth-order valence-corrected chi connectivity index (χ4v) is 2.24. The topological polar surface area (TPSA) is 59.6 Å². The molecule has 118 valence electrons. The van der Waals surface area contributed by atoms with Crippen molar-refractivity contribution in [3.05, 3.63) is 24.3 Å². The minimum absolute atomic E-state index is 0. The number of halogens is 1. The first-order chi connectivity index (χ1) is 9.79. The van der Waals surface area contributed by atoms with Gasteiger partial charge in [0.25, 0.3) is 0 Å². The second-order valence-electron chi connectivity index (χ2n) is 4.84. The van der Waals surface area contributed by atoms with Gasteiger partial charge in [-0.1, -0.05) is 0 Å². The van der Waals surface area contributed by atoms with Crippen LogP contribution in [0.5, 0.6) is 11.5 Å². The van der Waals surface area contributed by atoms with E-state index in [0.29, 0.717) is 13.2 Å². The minimum atomic E-state index is 0. The Morgan fingerprint density at radius 3 is 2.48 bits per heavy atom. The lowest BCUT2D eigenvalue weighted by Crippen LogP contribution is -2.39. The first-order valence-corrected chi connectivity index (χ1v) is 7.05. The van der Waals surface area contributed by atoms with E-state index < -0.39 is 0 Å². The minimum Gasteiger partial charge on any atom is -0.497 e. The maximum absolute atomic E-state index is 11.9. The van der Waals surface area contributed by atoms with Crippen molar-refractivity contribution < 1.29 is 14.3 Å². The van der Waals surface area contributed by atoms with E-state index in [4.69, 9.17) is 9.47 Å². The van der Waals surface area contributed by atoms with Crippen LogP contribution < -0.4 is 20.1 Å². The molecule has 0 spiro atoms. The smallest absolute Gasteiger partial charge is 0.223 e. The van der Waals surface area contributed by atoms with Crippen LogP contribution in [0, 0.1) is 5.92 Å². The van der Waals surface area contributed by atoms with Gasteiger partial charge in [-0.05, 0) is 50.2 Å². The molecule has 5 nitrogen and oxygen atoms in total. The van der Waals surface area contributed by atoms with Crippen molar-refractivity contribution in [1.29, 1.82) is 0 Å². The van der Waals surface area contributed by atoms with Gasteiger partial charge in [-0.25, -0.2) is 0 Å². The van der Waals surface area contributed by atoms with Gasteiger partial charge in [-0.15, -0.1) is 12.4 Å². The van der Waals surface area contributed by atoms with E-state index in [1.54, 1.807) is 7.11 Å². The van der Waals surface area contributed by atoms with Crippen LogP contribution in [0.25, 0.3) is 0 Å². The molecule has 0 saturated carbocycles. The van der Waals surface area contributed by atoms with Crippen LogP contribution in [0.2, 0.25) is 0 Å². The summed E-state index contributed by atoms with van der Waals surface area (Å²) in [6.07, 6.45) is 1.84. The second-order valence-corrected chi connectivity index (χ2v) is 4.84. The molecule has 2 rings (SSSR count). The van der Waals surface area contributed by atoms with Crippen molar-refractivity contribution in [2.75, 3.05) is 33.4 Å². The maximum atomic E-state index is 11.9. The quantitative estimate of drug-likeness (QED) is 0.783. The van der Waals surface area contributed by atoms with Crippen LogP contribution in [0.1, 0.15) is 12.8 Å². The Hall–Kier alpha value is -1.46. The Kier molecular flexibility index (Phi) is 7.93. The lowest BCUT2D eigenvalue weighted by Gasteiger charge is -2.21. The summed E-state index contributed by atoms with van der Waals surface area (Å²) in [5.41, 5.74) is 0. The molecule has 1 fully saturated rings. The standard InChI is InChI=1S/C15H22N2O3.ClH/c1-19-13-2-4-14(5-3-13)20-11-10-17-15(18)12-6-8-16-9-7-12;/h2-5,12,16H,6-11H2,1H3,(H,17,18);1H. The van der Waals surface area contributed by atoms with Gasteiger partial charge in [0.1, 0.15) is 18.1 Å². The molecule has 0 aliphatic carbocycles. The molecule has 1 amide bonds. The molecule has 1 aliphatic rings. The molecule has 1 aromatic rings. The molecular weight excluding hydrogens is 292 g/mol. The molecular formula is C15H23ClN2O3. The number of hydrogen-bond acceptors (Lipinski definition) is 4. The molecule has 0 radical (unpaired) electrons. The summed E-state index contributed by atoms with van der Waals surface area (Å²) in [6.45, 7) is 2.87. The van der Waals surface area contributed by atoms with Gasteiger partial charge in [-0.2, -0.15) is 0 Å². The van der Waals surface area contributed by atoms with Crippen molar-refractivity contribution in [3.63, 3.8) is 0 Å². The average molecular weight is 315 g/mol. The number of nitrogens with one attached hydrogen (secondary N) is 2. The van der Waals surface area contributed by atoms with Crippen molar-refractivity contribution in [3.8, 4) is 11.5 Å². The molecule has 0 unspecified atom stereocenters. The lowest BCUT2D eigenvalue weighted by atomic mass is 9.97. The van der Waals surface area contributed by atoms with Gasteiger partial charge < -0.3 is 20.1 Å². The monoisotopic (exact) mass is 314 g/mol. The lowest BCUT2D eigenvalue weighted by molar-refractivity contribution is -0.125. The zero-order chi connectivity index (χ0) is 14.2. The van der Waals surface area contributed by atoms with Gasteiger partial charge in [0.15, 0.2) is 0 Å². The van der Waals surface area contributed by atoms with E-state index in [1.165, 1.54) is 0 Å². The van der Waals surface area contributed by atoms with Crippen molar-refractivity contribution in [2.24, 2.45) is 5.92 Å². The third-order valence-corrected chi connectivity index (χ3v) is 3.44. The van der Waals surface area contributed by atoms with Crippen LogP contribution in [0.15, 0.2) is 24.3 Å². The molecule has 1 aromatic carbocycles. The summed E-state index contributed by atoms with van der Waals surface area (Å²) >= 11 is 0. The largest absolute Gasteiger partial charge is 0.497 e. The van der Waals surface area contributed by atoms with Gasteiger partial charge in [0, 0.05) is 5.92 Å². The highest BCUT2D eigenvalue weighted by Crippen LogP contribution is 2.16. The van der Waals surface area contributed by atoms with E-state index in [9.17, 15) is 4.79 Å². The Morgan fingerprint density at radius 2 is 1.86 bits per heavy atom. The van der Waals surface area contributed by atoms with Crippen LogP contribution in [-0.4, -0.2) is 39.3 Å². The third kappa shape index (κ3) is 5.81. The van der Waals surface area contributed by atoms with Crippen LogP contribution in [0.3, 0.4) is 0 Å². The fourth-order valence-electron chi connectivity index (χ4n) is 2.24. The molecule has 6 heteroatoms. The predicted octanol–water partition coefficient (Wildman–Crippen LogP) is 1.61. The van der Waals surface area contributed by atoms with E-state index in [-0.39, 0.29) is 24.2 Å². The number of methoxy groups -OCH3 is 1. The van der Waals surface area contributed by atoms with E-state index in [0.717, 1.165) is 37.4 Å². The Labute approximate surface area is 131 Å². The number of amides is 1. The number of rotatable bonds is 6. The van der Waals surface area contributed by atoms with Gasteiger partial charge in [0.05, 0.1) is 13.7 Å². The average Bonchev–Trinajstić information content (AvgIpc) is 2.53. The maximum Gasteiger partial charge on any atom is 0.223 e. The summed E-state index contributed by atoms with van der Waals surface area (Å²) in [4.78, 5) is 11.9. The van der Waals surface area contributed by atoms with Crippen LogP contribution in [0.4, 0.5) is 0 Å². The Morgan fingerprint density at radius 1 is 1.24 bits per heavy atom. The first kappa shape index (κ1) is 17.6. The Bertz CT molecular complexity index is 419. The SMILES string of the molecule is COc1ccc(OCCNC(=O)C2CCNCC2)cc1.Cl. The summed E-state index contributed by atoms with van der Waals surface area (Å²) < 4.78 is 10.6. The second kappa shape index (κ2) is 9.47. The fraction of sp³-hybridized carbons (Fsp3) is 0.533. The number of piperidine rings is 1. The molecule has 1 heterocycles. The highest BCUT2D eigenvalue weighted by atomic mass is 35.5. The normalized spacial score (nSPS) is 14.9. The highest BCUT2D eigenvalue weighted by Gasteiger charge is 2.20. The molecule has 2 N–H and O–H groups in total. The van der Waals surface area contributed by atoms with E-state index in [2.05, 4.69) is 10.6 Å².